The van der Waals surface area contributed by atoms with Crippen molar-refractivity contribution in [2.24, 2.45) is 0 Å². The Kier molecular flexibility index (Phi) is 3.91. The Bertz CT molecular complexity index is 782. The molecule has 0 aliphatic carbocycles. The molecule has 0 spiro atoms. The first-order chi connectivity index (χ1) is 10.7. The van der Waals surface area contributed by atoms with E-state index in [2.05, 4.69) is 25.7 Å². The third-order valence-electron chi connectivity index (χ3n) is 3.23. The molecular weight excluding hydrogens is 278 g/mol. The average Bonchev–Trinajstić information content (AvgIpc) is 3.03. The van der Waals surface area contributed by atoms with Crippen LogP contribution in [0.3, 0.4) is 0 Å². The summed E-state index contributed by atoms with van der Waals surface area (Å²) in [6.45, 7) is 2.39. The molecule has 110 valence electrons. The minimum atomic E-state index is -0.269. The monoisotopic (exact) mass is 293 g/mol. The zero-order valence-electron chi connectivity index (χ0n) is 12.1. The first-order valence-electron chi connectivity index (χ1n) is 6.89. The van der Waals surface area contributed by atoms with Gasteiger partial charge in [0.2, 0.25) is 0 Å². The van der Waals surface area contributed by atoms with Crippen LogP contribution in [-0.2, 0) is 6.54 Å². The van der Waals surface area contributed by atoms with Gasteiger partial charge < -0.3 is 5.32 Å². The van der Waals surface area contributed by atoms with Crippen molar-refractivity contribution in [3.8, 4) is 11.3 Å². The van der Waals surface area contributed by atoms with Crippen LogP contribution in [-0.4, -0.2) is 26.3 Å². The predicted octanol–water partition coefficient (Wildman–Crippen LogP) is 2.11. The molecule has 2 aromatic heterocycles. The number of hydrogen-bond acceptors (Lipinski definition) is 4. The van der Waals surface area contributed by atoms with Crippen LogP contribution in [0.25, 0.3) is 11.3 Å². The van der Waals surface area contributed by atoms with Gasteiger partial charge in [0.15, 0.2) is 5.69 Å². The number of pyridine rings is 1. The summed E-state index contributed by atoms with van der Waals surface area (Å²) in [4.78, 5) is 16.3. The molecule has 0 unspecified atom stereocenters. The number of amides is 1. The number of aromatic nitrogens is 4. The SMILES string of the molecule is Cc1cccc(-c2n[nH]nc2C(=O)NCc2cccnc2)c1. The number of nitrogens with zero attached hydrogens (tertiary/aromatic N) is 3. The van der Waals surface area contributed by atoms with Gasteiger partial charge in [-0.3, -0.25) is 9.78 Å². The molecule has 6 heteroatoms. The van der Waals surface area contributed by atoms with Crippen molar-refractivity contribution < 1.29 is 4.79 Å². The number of aromatic amines is 1. The Hall–Kier alpha value is -3.02. The number of rotatable bonds is 4. The van der Waals surface area contributed by atoms with Crippen molar-refractivity contribution in [1.29, 1.82) is 0 Å². The maximum absolute atomic E-state index is 12.3. The molecule has 0 radical (unpaired) electrons. The number of carbonyl (C=O) groups is 1. The van der Waals surface area contributed by atoms with Crippen LogP contribution in [0.2, 0.25) is 0 Å². The molecule has 2 N–H and O–H groups in total. The summed E-state index contributed by atoms with van der Waals surface area (Å²) in [7, 11) is 0. The van der Waals surface area contributed by atoms with E-state index in [0.717, 1.165) is 16.7 Å². The van der Waals surface area contributed by atoms with Crippen LogP contribution >= 0.6 is 0 Å². The smallest absolute Gasteiger partial charge is 0.274 e. The lowest BCUT2D eigenvalue weighted by atomic mass is 10.1. The molecule has 0 aliphatic heterocycles. The quantitative estimate of drug-likeness (QED) is 0.771. The number of aryl methyl sites for hydroxylation is 1. The molecule has 1 amide bonds. The molecular formula is C16H15N5O. The molecule has 2 heterocycles. The van der Waals surface area contributed by atoms with Crippen LogP contribution in [0.4, 0.5) is 0 Å². The molecule has 0 fully saturated rings. The summed E-state index contributed by atoms with van der Waals surface area (Å²) in [6, 6.07) is 11.5. The summed E-state index contributed by atoms with van der Waals surface area (Å²) >= 11 is 0. The Morgan fingerprint density at radius 2 is 2.14 bits per heavy atom. The summed E-state index contributed by atoms with van der Waals surface area (Å²) in [6.07, 6.45) is 3.41. The van der Waals surface area contributed by atoms with Crippen molar-refractivity contribution in [1.82, 2.24) is 25.7 Å². The molecule has 0 bridgehead atoms. The zero-order valence-corrected chi connectivity index (χ0v) is 12.1. The van der Waals surface area contributed by atoms with Crippen LogP contribution in [0, 0.1) is 6.92 Å². The van der Waals surface area contributed by atoms with E-state index in [-0.39, 0.29) is 11.6 Å². The summed E-state index contributed by atoms with van der Waals surface area (Å²) in [5, 5.41) is 13.4. The molecule has 0 saturated carbocycles. The number of H-pyrrole nitrogens is 1. The second-order valence-corrected chi connectivity index (χ2v) is 4.93. The summed E-state index contributed by atoms with van der Waals surface area (Å²) in [5.74, 6) is -0.269. The predicted molar refractivity (Wildman–Crippen MR) is 82.0 cm³/mol. The highest BCUT2D eigenvalue weighted by molar-refractivity contribution is 5.97. The highest BCUT2D eigenvalue weighted by Gasteiger charge is 2.17. The zero-order chi connectivity index (χ0) is 15.4. The van der Waals surface area contributed by atoms with Crippen LogP contribution in [0.5, 0.6) is 0 Å². The van der Waals surface area contributed by atoms with Crippen LogP contribution < -0.4 is 5.32 Å². The molecule has 3 aromatic rings. The largest absolute Gasteiger partial charge is 0.346 e. The second-order valence-electron chi connectivity index (χ2n) is 4.93. The van der Waals surface area contributed by atoms with E-state index >= 15 is 0 Å². The first-order valence-corrected chi connectivity index (χ1v) is 6.89. The van der Waals surface area contributed by atoms with Crippen LogP contribution in [0.1, 0.15) is 21.6 Å². The average molecular weight is 293 g/mol. The Morgan fingerprint density at radius 1 is 1.23 bits per heavy atom. The second kappa shape index (κ2) is 6.17. The highest BCUT2D eigenvalue weighted by Crippen LogP contribution is 2.20. The highest BCUT2D eigenvalue weighted by atomic mass is 16.2. The van der Waals surface area contributed by atoms with Gasteiger partial charge in [-0.1, -0.05) is 29.8 Å². The normalized spacial score (nSPS) is 10.4. The lowest BCUT2D eigenvalue weighted by Gasteiger charge is -2.04. The molecule has 0 atom stereocenters. The number of benzene rings is 1. The summed E-state index contributed by atoms with van der Waals surface area (Å²) in [5.41, 5.74) is 3.72. The van der Waals surface area contributed by atoms with Crippen molar-refractivity contribution in [2.45, 2.75) is 13.5 Å². The van der Waals surface area contributed by atoms with Gasteiger partial charge in [0.05, 0.1) is 0 Å². The minimum Gasteiger partial charge on any atom is -0.346 e. The third kappa shape index (κ3) is 3.01. The van der Waals surface area contributed by atoms with E-state index in [1.165, 1.54) is 0 Å². The van der Waals surface area contributed by atoms with Gasteiger partial charge in [-0.25, -0.2) is 0 Å². The molecule has 1 aromatic carbocycles. The van der Waals surface area contributed by atoms with Crippen molar-refractivity contribution in [3.05, 3.63) is 65.6 Å². The number of carbonyl (C=O) groups excluding carboxylic acids is 1. The van der Waals surface area contributed by atoms with Crippen molar-refractivity contribution >= 4 is 5.91 Å². The Balaban J connectivity index is 1.78. The van der Waals surface area contributed by atoms with Gasteiger partial charge in [0, 0.05) is 24.5 Å². The standard InChI is InChI=1S/C16H15N5O/c1-11-4-2-6-13(8-11)14-15(20-21-19-14)16(22)18-10-12-5-3-7-17-9-12/h2-9H,10H2,1H3,(H,18,22)(H,19,20,21). The van der Waals surface area contributed by atoms with E-state index in [4.69, 9.17) is 0 Å². The minimum absolute atomic E-state index is 0.269. The maximum Gasteiger partial charge on any atom is 0.274 e. The maximum atomic E-state index is 12.3. The lowest BCUT2D eigenvalue weighted by Crippen LogP contribution is -2.23. The van der Waals surface area contributed by atoms with Gasteiger partial charge >= 0.3 is 0 Å². The van der Waals surface area contributed by atoms with Gasteiger partial charge in [-0.15, -0.1) is 0 Å². The van der Waals surface area contributed by atoms with Gasteiger partial charge in [-0.2, -0.15) is 15.4 Å². The van der Waals surface area contributed by atoms with E-state index in [0.29, 0.717) is 12.2 Å². The summed E-state index contributed by atoms with van der Waals surface area (Å²) < 4.78 is 0. The van der Waals surface area contributed by atoms with Gasteiger partial charge in [0.1, 0.15) is 5.69 Å². The topological polar surface area (TPSA) is 83.6 Å². The molecule has 3 rings (SSSR count). The fraction of sp³-hybridized carbons (Fsp3) is 0.125. The molecule has 6 nitrogen and oxygen atoms in total. The molecule has 0 aliphatic rings. The Labute approximate surface area is 127 Å². The van der Waals surface area contributed by atoms with E-state index < -0.39 is 0 Å². The number of hydrogen-bond donors (Lipinski definition) is 2. The lowest BCUT2D eigenvalue weighted by molar-refractivity contribution is 0.0946. The van der Waals surface area contributed by atoms with E-state index in [1.807, 2.05) is 43.3 Å². The van der Waals surface area contributed by atoms with Gasteiger partial charge in [-0.05, 0) is 24.6 Å². The van der Waals surface area contributed by atoms with E-state index in [1.54, 1.807) is 12.4 Å². The first kappa shape index (κ1) is 13.9. The van der Waals surface area contributed by atoms with E-state index in [9.17, 15) is 4.79 Å². The fourth-order valence-electron chi connectivity index (χ4n) is 2.15. The van der Waals surface area contributed by atoms with Crippen molar-refractivity contribution in [3.63, 3.8) is 0 Å². The van der Waals surface area contributed by atoms with Gasteiger partial charge in [0.25, 0.3) is 5.91 Å². The third-order valence-corrected chi connectivity index (χ3v) is 3.23. The number of nitrogens with one attached hydrogen (secondary N) is 2. The van der Waals surface area contributed by atoms with Crippen molar-refractivity contribution in [2.75, 3.05) is 0 Å². The fourth-order valence-corrected chi connectivity index (χ4v) is 2.15. The molecule has 0 saturated heterocycles. The Morgan fingerprint density at radius 3 is 2.91 bits per heavy atom. The molecule has 22 heavy (non-hydrogen) atoms. The van der Waals surface area contributed by atoms with Crippen LogP contribution in [0.15, 0.2) is 48.8 Å².